The van der Waals surface area contributed by atoms with Crippen LogP contribution in [-0.2, 0) is 14.3 Å². The van der Waals surface area contributed by atoms with E-state index in [9.17, 15) is 38.8 Å². The number of amides is 1. The van der Waals surface area contributed by atoms with Gasteiger partial charge in [0.15, 0.2) is 0 Å². The van der Waals surface area contributed by atoms with Gasteiger partial charge in [-0.15, -0.1) is 0 Å². The molecule has 0 saturated carbocycles. The minimum absolute atomic E-state index is 0.991. The molecule has 1 amide bonds. The van der Waals surface area contributed by atoms with Crippen LogP contribution < -0.4 is 5.32 Å². The predicted octanol–water partition coefficient (Wildman–Crippen LogP) is -3.63. The van der Waals surface area contributed by atoms with E-state index < -0.39 is 67.6 Å². The first kappa shape index (κ1) is 19.6. The number of aliphatic carboxylic acids is 1. The fourth-order valence-electron chi connectivity index (χ4n) is 2.13. The molecule has 1 saturated heterocycles. The summed E-state index contributed by atoms with van der Waals surface area (Å²) in [5, 5.41) is 58.1. The summed E-state index contributed by atoms with van der Waals surface area (Å²) in [7, 11) is 0. The third kappa shape index (κ3) is 4.31. The molecule has 1 fully saturated rings. The Morgan fingerprint density at radius 1 is 1.35 bits per heavy atom. The summed E-state index contributed by atoms with van der Waals surface area (Å²) < 4.78 is 29.3. The smallest absolute Gasteiger partial charge is 0.364 e. The molecule has 0 spiro atoms. The van der Waals surface area contributed by atoms with Crippen molar-refractivity contribution in [3.63, 3.8) is 0 Å². The number of carboxylic acid groups (broad SMARTS) is 1. The lowest BCUT2D eigenvalue weighted by Crippen LogP contribution is -2.67. The summed E-state index contributed by atoms with van der Waals surface area (Å²) in [5.41, 5.74) is 0. The first-order valence-electron chi connectivity index (χ1n) is 6.40. The third-order valence-corrected chi connectivity index (χ3v) is 3.34. The van der Waals surface area contributed by atoms with E-state index in [1.165, 1.54) is 0 Å². The molecule has 0 bridgehead atoms. The monoisotopic (exact) mass is 345 g/mol. The van der Waals surface area contributed by atoms with Crippen LogP contribution in [0.15, 0.2) is 0 Å². The fraction of sp³-hybridized carbons (Fsp3) is 0.818. The van der Waals surface area contributed by atoms with Crippen LogP contribution in [0.2, 0.25) is 0 Å². The maximum absolute atomic E-state index is 12.3. The van der Waals surface area contributed by atoms with Crippen LogP contribution in [-0.4, -0.2) is 91.8 Å². The van der Waals surface area contributed by atoms with Crippen LogP contribution in [0.5, 0.6) is 0 Å². The van der Waals surface area contributed by atoms with Crippen molar-refractivity contribution >= 4 is 11.9 Å². The summed E-state index contributed by atoms with van der Waals surface area (Å²) in [6.07, 6.45) is -12.3. The highest BCUT2D eigenvalue weighted by Crippen LogP contribution is 2.30. The van der Waals surface area contributed by atoms with Gasteiger partial charge in [0.1, 0.15) is 18.3 Å². The van der Waals surface area contributed by atoms with Crippen molar-refractivity contribution in [1.82, 2.24) is 5.32 Å². The maximum Gasteiger partial charge on any atom is 0.364 e. The van der Waals surface area contributed by atoms with Crippen LogP contribution in [0.4, 0.5) is 8.78 Å². The summed E-state index contributed by atoms with van der Waals surface area (Å²) in [4.78, 5) is 22.0. The van der Waals surface area contributed by atoms with Gasteiger partial charge in [-0.05, 0) is 0 Å². The molecule has 0 aromatic heterocycles. The zero-order chi connectivity index (χ0) is 17.9. The molecule has 0 aromatic rings. The highest BCUT2D eigenvalue weighted by atomic mass is 19.3. The standard InChI is InChI=1S/C11H17F2NO9/c12-8(13)9(19)14-5-3(16)1-11(22,10(20)21)23-7(5)6(18)4(17)2-15/h3-8,15-18,22H,1-2H2,(H,14,19)(H,20,21)/t3-,4+,5+,6-,7?,11-/m0/s1. The highest BCUT2D eigenvalue weighted by molar-refractivity contribution is 5.80. The van der Waals surface area contributed by atoms with Crippen molar-refractivity contribution in [2.75, 3.05) is 6.61 Å². The van der Waals surface area contributed by atoms with Gasteiger partial charge in [0.2, 0.25) is 0 Å². The number of carboxylic acids is 1. The van der Waals surface area contributed by atoms with E-state index in [2.05, 4.69) is 0 Å². The zero-order valence-corrected chi connectivity index (χ0v) is 11.5. The molecular formula is C11H17F2NO9. The largest absolute Gasteiger partial charge is 0.477 e. The molecule has 1 rings (SSSR count). The molecule has 6 atom stereocenters. The van der Waals surface area contributed by atoms with Gasteiger partial charge in [-0.25, -0.2) is 4.79 Å². The molecule has 1 aliphatic rings. The van der Waals surface area contributed by atoms with Gasteiger partial charge in [0.05, 0.1) is 18.8 Å². The topological polar surface area (TPSA) is 177 Å². The van der Waals surface area contributed by atoms with Crippen LogP contribution in [0, 0.1) is 0 Å². The third-order valence-electron chi connectivity index (χ3n) is 3.34. The number of hydrogen-bond donors (Lipinski definition) is 7. The number of carbonyl (C=O) groups is 2. The summed E-state index contributed by atoms with van der Waals surface area (Å²) in [6.45, 7) is -1.02. The van der Waals surface area contributed by atoms with Crippen molar-refractivity contribution < 1.29 is 53.7 Å². The average molecular weight is 345 g/mol. The summed E-state index contributed by atoms with van der Waals surface area (Å²) in [5.74, 6) is -6.76. The number of rotatable bonds is 6. The van der Waals surface area contributed by atoms with E-state index in [1.807, 2.05) is 0 Å². The van der Waals surface area contributed by atoms with Crippen LogP contribution in [0.25, 0.3) is 0 Å². The molecular weight excluding hydrogens is 328 g/mol. The number of carbonyl (C=O) groups excluding carboxylic acids is 1. The second kappa shape index (κ2) is 7.42. The number of halogens is 2. The summed E-state index contributed by atoms with van der Waals surface area (Å²) in [6, 6.07) is -1.76. The van der Waals surface area contributed by atoms with Crippen molar-refractivity contribution in [2.24, 2.45) is 0 Å². The first-order valence-corrected chi connectivity index (χ1v) is 6.40. The molecule has 1 unspecified atom stereocenters. The Kier molecular flexibility index (Phi) is 6.33. The minimum atomic E-state index is -3.47. The molecule has 134 valence electrons. The molecule has 10 nitrogen and oxygen atoms in total. The fourth-order valence-corrected chi connectivity index (χ4v) is 2.13. The Hall–Kier alpha value is -1.44. The number of alkyl halides is 2. The lowest BCUT2D eigenvalue weighted by molar-refractivity contribution is -0.295. The Bertz CT molecular complexity index is 451. The van der Waals surface area contributed by atoms with E-state index in [1.54, 1.807) is 5.32 Å². The minimum Gasteiger partial charge on any atom is -0.477 e. The van der Waals surface area contributed by atoms with Crippen molar-refractivity contribution in [3.8, 4) is 0 Å². The lowest BCUT2D eigenvalue weighted by atomic mass is 9.88. The molecule has 0 aromatic carbocycles. The number of ether oxygens (including phenoxy) is 1. The molecule has 0 aliphatic carbocycles. The second-order valence-corrected chi connectivity index (χ2v) is 5.02. The van der Waals surface area contributed by atoms with Gasteiger partial charge in [0, 0.05) is 6.42 Å². The quantitative estimate of drug-likeness (QED) is 0.256. The first-order chi connectivity index (χ1) is 10.5. The molecule has 1 heterocycles. The van der Waals surface area contributed by atoms with Gasteiger partial charge < -0.3 is 40.7 Å². The van der Waals surface area contributed by atoms with E-state index in [0.29, 0.717) is 0 Å². The maximum atomic E-state index is 12.3. The normalized spacial score (nSPS) is 34.0. The van der Waals surface area contributed by atoms with E-state index in [4.69, 9.17) is 14.9 Å². The number of nitrogens with one attached hydrogen (secondary N) is 1. The Balaban J connectivity index is 3.09. The Morgan fingerprint density at radius 2 is 1.91 bits per heavy atom. The Morgan fingerprint density at radius 3 is 2.35 bits per heavy atom. The zero-order valence-electron chi connectivity index (χ0n) is 11.5. The lowest BCUT2D eigenvalue weighted by Gasteiger charge is -2.44. The van der Waals surface area contributed by atoms with E-state index in [-0.39, 0.29) is 0 Å². The molecule has 23 heavy (non-hydrogen) atoms. The molecule has 7 N–H and O–H groups in total. The average Bonchev–Trinajstić information content (AvgIpc) is 2.47. The molecule has 12 heteroatoms. The van der Waals surface area contributed by atoms with Gasteiger partial charge in [-0.1, -0.05) is 0 Å². The SMILES string of the molecule is O=C(N[C@H]1C([C@@H](O)[C@H](O)CO)O[C@](O)(C(=O)O)C[C@@H]1O)C(F)F. The second-order valence-electron chi connectivity index (χ2n) is 5.02. The highest BCUT2D eigenvalue weighted by Gasteiger charge is 2.54. The van der Waals surface area contributed by atoms with E-state index >= 15 is 0 Å². The van der Waals surface area contributed by atoms with Crippen molar-refractivity contribution in [2.45, 2.75) is 49.1 Å². The Labute approximate surface area is 127 Å². The summed E-state index contributed by atoms with van der Waals surface area (Å²) >= 11 is 0. The molecule has 1 aliphatic heterocycles. The van der Waals surface area contributed by atoms with Gasteiger partial charge in [-0.3, -0.25) is 4.79 Å². The van der Waals surface area contributed by atoms with Crippen LogP contribution >= 0.6 is 0 Å². The molecule has 0 radical (unpaired) electrons. The number of hydrogen-bond acceptors (Lipinski definition) is 8. The van der Waals surface area contributed by atoms with Crippen LogP contribution in [0.3, 0.4) is 0 Å². The van der Waals surface area contributed by atoms with E-state index in [0.717, 1.165) is 0 Å². The van der Waals surface area contributed by atoms with Gasteiger partial charge in [0.25, 0.3) is 11.7 Å². The van der Waals surface area contributed by atoms with Crippen molar-refractivity contribution in [1.29, 1.82) is 0 Å². The predicted molar refractivity (Wildman–Crippen MR) is 65.1 cm³/mol. The van der Waals surface area contributed by atoms with Gasteiger partial charge in [-0.2, -0.15) is 8.78 Å². The number of aliphatic hydroxyl groups excluding tert-OH is 4. The van der Waals surface area contributed by atoms with Gasteiger partial charge >= 0.3 is 12.4 Å². The van der Waals surface area contributed by atoms with Crippen LogP contribution in [0.1, 0.15) is 6.42 Å². The number of aliphatic hydroxyl groups is 5. The van der Waals surface area contributed by atoms with Crippen molar-refractivity contribution in [3.05, 3.63) is 0 Å².